The predicted octanol–water partition coefficient (Wildman–Crippen LogP) is 2.03. The van der Waals surface area contributed by atoms with Crippen molar-refractivity contribution in [2.75, 3.05) is 11.1 Å². The van der Waals surface area contributed by atoms with Crippen LogP contribution in [0.2, 0.25) is 0 Å². The maximum Gasteiger partial charge on any atom is 0.203 e. The fraction of sp³-hybridized carbons (Fsp3) is 0.200. The highest BCUT2D eigenvalue weighted by atomic mass is 32.1. The van der Waals surface area contributed by atoms with Gasteiger partial charge < -0.3 is 11.1 Å². The Kier molecular flexibility index (Phi) is 3.73. The van der Waals surface area contributed by atoms with Crippen molar-refractivity contribution in [2.45, 2.75) is 13.0 Å². The third kappa shape index (κ3) is 2.87. The van der Waals surface area contributed by atoms with Gasteiger partial charge in [0, 0.05) is 25.0 Å². The van der Waals surface area contributed by atoms with Gasteiger partial charge in [0.05, 0.1) is 17.6 Å². The Hall–Kier alpha value is -3.14. The number of hydrogen-bond acceptors (Lipinski definition) is 9. The highest BCUT2D eigenvalue weighted by Gasteiger charge is 2.17. The molecule has 0 aliphatic rings. The number of hydrogen-bond donors (Lipinski definition) is 2. The van der Waals surface area contributed by atoms with Crippen molar-refractivity contribution in [3.05, 3.63) is 35.7 Å². The molecule has 0 bridgehead atoms. The molecule has 0 saturated carbocycles. The Bertz CT molecular complexity index is 1020. The van der Waals surface area contributed by atoms with Crippen LogP contribution in [0.1, 0.15) is 18.0 Å². The molecule has 4 heterocycles. The van der Waals surface area contributed by atoms with Crippen LogP contribution in [0.4, 0.5) is 10.9 Å². The van der Waals surface area contributed by atoms with Gasteiger partial charge in [-0.15, -0.1) is 10.2 Å². The van der Waals surface area contributed by atoms with E-state index in [-0.39, 0.29) is 6.04 Å². The van der Waals surface area contributed by atoms with Crippen molar-refractivity contribution < 1.29 is 0 Å². The fourth-order valence-corrected chi connectivity index (χ4v) is 3.06. The summed E-state index contributed by atoms with van der Waals surface area (Å²) in [7, 11) is 1.85. The average Bonchev–Trinajstić information content (AvgIpc) is 3.22. The first-order valence-electron chi connectivity index (χ1n) is 7.57. The molecule has 0 radical (unpaired) electrons. The van der Waals surface area contributed by atoms with Gasteiger partial charge in [0.15, 0.2) is 11.5 Å². The topological polar surface area (TPSA) is 120 Å². The number of nitrogens with two attached hydrogens (primary N) is 1. The number of nitrogens with one attached hydrogen (secondary N) is 1. The van der Waals surface area contributed by atoms with Gasteiger partial charge in [-0.05, 0) is 19.1 Å². The molecule has 0 aliphatic heterocycles. The Morgan fingerprint density at radius 1 is 1.24 bits per heavy atom. The Morgan fingerprint density at radius 2 is 2.12 bits per heavy atom. The summed E-state index contributed by atoms with van der Waals surface area (Å²) in [5.41, 5.74) is 7.25. The van der Waals surface area contributed by atoms with Gasteiger partial charge in [0.1, 0.15) is 10.8 Å². The number of aryl methyl sites for hydroxylation is 1. The van der Waals surface area contributed by atoms with Gasteiger partial charge in [-0.25, -0.2) is 9.97 Å². The molecule has 0 amide bonds. The standard InChI is InChI=1S/C15H15N9S/c1-8(14-22-23-15(16)25-14)19-12-10-7-18-24(2)13(10)21-11(20-12)9-4-3-5-17-6-9/h3-8H,1-2H3,(H2,16,23)(H,19,20,21). The molecule has 126 valence electrons. The molecular weight excluding hydrogens is 338 g/mol. The van der Waals surface area contributed by atoms with Crippen molar-refractivity contribution in [1.82, 2.24) is 34.9 Å². The van der Waals surface area contributed by atoms with Crippen LogP contribution in [0.25, 0.3) is 22.4 Å². The van der Waals surface area contributed by atoms with E-state index in [1.807, 2.05) is 26.1 Å². The normalized spacial score (nSPS) is 12.4. The first kappa shape index (κ1) is 15.4. The number of pyridine rings is 1. The smallest absolute Gasteiger partial charge is 0.203 e. The minimum atomic E-state index is -0.102. The maximum absolute atomic E-state index is 5.68. The lowest BCUT2D eigenvalue weighted by atomic mass is 10.2. The van der Waals surface area contributed by atoms with Crippen LogP contribution in [0, 0.1) is 0 Å². The molecule has 4 aromatic heterocycles. The van der Waals surface area contributed by atoms with Crippen LogP contribution in [0.15, 0.2) is 30.7 Å². The van der Waals surface area contributed by atoms with Gasteiger partial charge in [0.25, 0.3) is 0 Å². The molecule has 4 rings (SSSR count). The molecule has 0 aliphatic carbocycles. The molecule has 3 N–H and O–H groups in total. The summed E-state index contributed by atoms with van der Waals surface area (Å²) < 4.78 is 1.72. The van der Waals surface area contributed by atoms with Crippen LogP contribution >= 0.6 is 11.3 Å². The second-order valence-electron chi connectivity index (χ2n) is 5.49. The van der Waals surface area contributed by atoms with E-state index in [9.17, 15) is 0 Å². The van der Waals surface area contributed by atoms with E-state index in [2.05, 4.69) is 35.6 Å². The van der Waals surface area contributed by atoms with E-state index >= 15 is 0 Å². The lowest BCUT2D eigenvalue weighted by Crippen LogP contribution is -2.09. The minimum absolute atomic E-state index is 0.102. The predicted molar refractivity (Wildman–Crippen MR) is 95.9 cm³/mol. The maximum atomic E-state index is 5.68. The van der Waals surface area contributed by atoms with E-state index < -0.39 is 0 Å². The molecule has 0 saturated heterocycles. The third-order valence-corrected chi connectivity index (χ3v) is 4.63. The molecule has 0 spiro atoms. The van der Waals surface area contributed by atoms with Gasteiger partial charge in [0.2, 0.25) is 5.13 Å². The molecule has 4 aromatic rings. The minimum Gasteiger partial charge on any atom is -0.374 e. The van der Waals surface area contributed by atoms with E-state index in [0.717, 1.165) is 21.6 Å². The summed E-state index contributed by atoms with van der Waals surface area (Å²) in [5, 5.41) is 17.7. The van der Waals surface area contributed by atoms with Crippen molar-refractivity contribution >= 4 is 33.3 Å². The Balaban J connectivity index is 1.79. The molecule has 9 nitrogen and oxygen atoms in total. The lowest BCUT2D eigenvalue weighted by molar-refractivity contribution is 0.785. The quantitative estimate of drug-likeness (QED) is 0.572. The lowest BCUT2D eigenvalue weighted by Gasteiger charge is -2.13. The number of aromatic nitrogens is 7. The summed E-state index contributed by atoms with van der Waals surface area (Å²) in [5.74, 6) is 1.26. The molecule has 10 heteroatoms. The zero-order valence-electron chi connectivity index (χ0n) is 13.6. The Labute approximate surface area is 147 Å². The van der Waals surface area contributed by atoms with Crippen molar-refractivity contribution in [2.24, 2.45) is 7.05 Å². The summed E-state index contributed by atoms with van der Waals surface area (Å²) in [4.78, 5) is 13.4. The Morgan fingerprint density at radius 3 is 2.84 bits per heavy atom. The van der Waals surface area contributed by atoms with Crippen LogP contribution < -0.4 is 11.1 Å². The van der Waals surface area contributed by atoms with E-state index in [1.165, 1.54) is 11.3 Å². The second kappa shape index (κ2) is 6.06. The largest absolute Gasteiger partial charge is 0.374 e. The van der Waals surface area contributed by atoms with Crippen LogP contribution in [-0.4, -0.2) is 34.9 Å². The number of rotatable bonds is 4. The van der Waals surface area contributed by atoms with Crippen molar-refractivity contribution in [3.8, 4) is 11.4 Å². The third-order valence-electron chi connectivity index (χ3n) is 3.69. The monoisotopic (exact) mass is 353 g/mol. The molecule has 0 fully saturated rings. The van der Waals surface area contributed by atoms with Crippen molar-refractivity contribution in [1.29, 1.82) is 0 Å². The zero-order valence-corrected chi connectivity index (χ0v) is 14.4. The first-order valence-corrected chi connectivity index (χ1v) is 8.39. The number of nitrogen functional groups attached to an aromatic ring is 1. The number of fused-ring (bicyclic) bond motifs is 1. The van der Waals surface area contributed by atoms with Gasteiger partial charge in [-0.2, -0.15) is 5.10 Å². The average molecular weight is 353 g/mol. The van der Waals surface area contributed by atoms with Crippen LogP contribution in [0.5, 0.6) is 0 Å². The molecule has 1 unspecified atom stereocenters. The van der Waals surface area contributed by atoms with E-state index in [0.29, 0.717) is 16.8 Å². The van der Waals surface area contributed by atoms with E-state index in [4.69, 9.17) is 5.73 Å². The molecule has 25 heavy (non-hydrogen) atoms. The van der Waals surface area contributed by atoms with Crippen LogP contribution in [0.3, 0.4) is 0 Å². The van der Waals surface area contributed by atoms with Gasteiger partial charge >= 0.3 is 0 Å². The molecule has 1 atom stereocenters. The number of anilines is 2. The van der Waals surface area contributed by atoms with Crippen LogP contribution in [-0.2, 0) is 7.05 Å². The number of nitrogens with zero attached hydrogens (tertiary/aromatic N) is 7. The SMILES string of the molecule is CC(Nc1nc(-c2cccnc2)nc2c1cnn2C)c1nnc(N)s1. The second-order valence-corrected chi connectivity index (χ2v) is 6.53. The van der Waals surface area contributed by atoms with E-state index in [1.54, 1.807) is 23.3 Å². The highest BCUT2D eigenvalue weighted by Crippen LogP contribution is 2.28. The molecule has 0 aromatic carbocycles. The van der Waals surface area contributed by atoms with Gasteiger partial charge in [-0.3, -0.25) is 9.67 Å². The summed E-state index contributed by atoms with van der Waals surface area (Å²) in [6, 6.07) is 3.67. The summed E-state index contributed by atoms with van der Waals surface area (Å²) in [6.07, 6.45) is 5.19. The first-order chi connectivity index (χ1) is 12.1. The highest BCUT2D eigenvalue weighted by molar-refractivity contribution is 7.15. The summed E-state index contributed by atoms with van der Waals surface area (Å²) >= 11 is 1.35. The summed E-state index contributed by atoms with van der Waals surface area (Å²) in [6.45, 7) is 1.98. The fourth-order valence-electron chi connectivity index (χ4n) is 2.44. The van der Waals surface area contributed by atoms with Crippen molar-refractivity contribution in [3.63, 3.8) is 0 Å². The van der Waals surface area contributed by atoms with Gasteiger partial charge in [-0.1, -0.05) is 11.3 Å². The zero-order chi connectivity index (χ0) is 17.4. The molecular formula is C15H15N9S.